The van der Waals surface area contributed by atoms with Gasteiger partial charge in [-0.1, -0.05) is 0 Å². The third kappa shape index (κ3) is 3.10. The summed E-state index contributed by atoms with van der Waals surface area (Å²) in [7, 11) is 5.35. The number of carbonyl (C=O) groups excluding carboxylic acids is 2. The first-order valence-corrected chi connectivity index (χ1v) is 4.72. The summed E-state index contributed by atoms with van der Waals surface area (Å²) in [6, 6.07) is -0.535. The summed E-state index contributed by atoms with van der Waals surface area (Å²) in [4.78, 5) is 26.2. The Balaban J connectivity index is 4.46. The minimum atomic E-state index is -0.343. The second-order valence-corrected chi connectivity index (χ2v) is 3.88. The van der Waals surface area contributed by atoms with E-state index in [0.29, 0.717) is 0 Å². The number of hydrogen-bond donors (Lipinski definition) is 0. The average molecular weight is 200 g/mol. The summed E-state index contributed by atoms with van der Waals surface area (Å²) in [5.41, 5.74) is 0. The van der Waals surface area contributed by atoms with Gasteiger partial charge in [0.15, 0.2) is 5.78 Å². The minimum absolute atomic E-state index is 0.00630. The van der Waals surface area contributed by atoms with Crippen molar-refractivity contribution in [1.29, 1.82) is 0 Å². The Morgan fingerprint density at radius 3 is 1.71 bits per heavy atom. The molecule has 0 aliphatic heterocycles. The lowest BCUT2D eigenvalue weighted by Crippen LogP contribution is -2.47. The Morgan fingerprint density at radius 2 is 1.43 bits per heavy atom. The van der Waals surface area contributed by atoms with Crippen molar-refractivity contribution in [3.8, 4) is 0 Å². The van der Waals surface area contributed by atoms with Crippen LogP contribution in [0.3, 0.4) is 0 Å². The average Bonchev–Trinajstić information content (AvgIpc) is 2.12. The van der Waals surface area contributed by atoms with Crippen molar-refractivity contribution in [2.75, 3.05) is 21.1 Å². The van der Waals surface area contributed by atoms with E-state index in [4.69, 9.17) is 0 Å². The third-order valence-corrected chi connectivity index (χ3v) is 2.65. The van der Waals surface area contributed by atoms with Gasteiger partial charge in [0, 0.05) is 7.05 Å². The van der Waals surface area contributed by atoms with Gasteiger partial charge in [0.2, 0.25) is 5.91 Å². The Hall–Kier alpha value is -0.900. The van der Waals surface area contributed by atoms with Crippen LogP contribution in [0.15, 0.2) is 0 Å². The van der Waals surface area contributed by atoms with Crippen LogP contribution in [0, 0.1) is 0 Å². The van der Waals surface area contributed by atoms with Crippen molar-refractivity contribution in [3.05, 3.63) is 0 Å². The quantitative estimate of drug-likeness (QED) is 0.658. The Kier molecular flexibility index (Phi) is 4.77. The summed E-state index contributed by atoms with van der Waals surface area (Å²) < 4.78 is 0. The summed E-state index contributed by atoms with van der Waals surface area (Å²) >= 11 is 0. The van der Waals surface area contributed by atoms with E-state index >= 15 is 0 Å². The highest BCUT2D eigenvalue weighted by atomic mass is 16.2. The Morgan fingerprint density at radius 1 is 1.00 bits per heavy atom. The van der Waals surface area contributed by atoms with Crippen molar-refractivity contribution < 1.29 is 9.59 Å². The number of Topliss-reactive ketones (excluding diaryl/α,β-unsaturated/α-hetero) is 1. The van der Waals surface area contributed by atoms with Crippen molar-refractivity contribution in [2.24, 2.45) is 0 Å². The van der Waals surface area contributed by atoms with Gasteiger partial charge in [-0.15, -0.1) is 0 Å². The lowest BCUT2D eigenvalue weighted by Gasteiger charge is -2.28. The van der Waals surface area contributed by atoms with Gasteiger partial charge >= 0.3 is 0 Å². The van der Waals surface area contributed by atoms with E-state index in [-0.39, 0.29) is 23.8 Å². The van der Waals surface area contributed by atoms with E-state index in [1.54, 1.807) is 14.0 Å². The first-order valence-electron chi connectivity index (χ1n) is 4.72. The Labute approximate surface area is 85.9 Å². The predicted molar refractivity (Wildman–Crippen MR) is 56.1 cm³/mol. The summed E-state index contributed by atoms with van der Waals surface area (Å²) in [5.74, 6) is -0.0236. The van der Waals surface area contributed by atoms with Gasteiger partial charge in [-0.3, -0.25) is 14.5 Å². The van der Waals surface area contributed by atoms with Gasteiger partial charge in [0.25, 0.3) is 0 Å². The van der Waals surface area contributed by atoms with Crippen molar-refractivity contribution in [2.45, 2.75) is 32.9 Å². The predicted octanol–water partition coefficient (Wildman–Crippen LogP) is 0.372. The molecule has 0 aliphatic carbocycles. The fraction of sp³-hybridized carbons (Fsp3) is 0.800. The zero-order valence-electron chi connectivity index (χ0n) is 9.87. The van der Waals surface area contributed by atoms with Crippen LogP contribution in [0.2, 0.25) is 0 Å². The van der Waals surface area contributed by atoms with E-state index in [2.05, 4.69) is 0 Å². The molecule has 2 unspecified atom stereocenters. The highest BCUT2D eigenvalue weighted by Gasteiger charge is 2.24. The molecule has 0 aromatic rings. The van der Waals surface area contributed by atoms with Gasteiger partial charge in [-0.2, -0.15) is 0 Å². The number of amides is 1. The molecule has 0 rings (SSSR count). The minimum Gasteiger partial charge on any atom is -0.335 e. The molecule has 82 valence electrons. The monoisotopic (exact) mass is 200 g/mol. The highest BCUT2D eigenvalue weighted by Crippen LogP contribution is 2.03. The van der Waals surface area contributed by atoms with Gasteiger partial charge in [0.05, 0.1) is 12.1 Å². The van der Waals surface area contributed by atoms with E-state index in [1.807, 2.05) is 25.9 Å². The van der Waals surface area contributed by atoms with Gasteiger partial charge in [-0.25, -0.2) is 0 Å². The molecule has 0 saturated heterocycles. The van der Waals surface area contributed by atoms with Gasteiger partial charge in [0.1, 0.15) is 0 Å². The number of carbonyl (C=O) groups is 2. The Bertz CT molecular complexity index is 226. The van der Waals surface area contributed by atoms with E-state index in [9.17, 15) is 9.59 Å². The highest BCUT2D eigenvalue weighted by molar-refractivity contribution is 5.89. The van der Waals surface area contributed by atoms with Crippen LogP contribution >= 0.6 is 0 Å². The maximum Gasteiger partial charge on any atom is 0.239 e. The van der Waals surface area contributed by atoms with Crippen LogP contribution in [0.4, 0.5) is 0 Å². The third-order valence-electron chi connectivity index (χ3n) is 2.65. The molecule has 14 heavy (non-hydrogen) atoms. The second-order valence-electron chi connectivity index (χ2n) is 3.88. The summed E-state index contributed by atoms with van der Waals surface area (Å²) in [6.45, 7) is 5.06. The fourth-order valence-electron chi connectivity index (χ4n) is 0.979. The number of hydrogen-bond acceptors (Lipinski definition) is 3. The van der Waals surface area contributed by atoms with Crippen LogP contribution < -0.4 is 0 Å². The molecule has 0 spiro atoms. The largest absolute Gasteiger partial charge is 0.335 e. The van der Waals surface area contributed by atoms with Crippen molar-refractivity contribution in [1.82, 2.24) is 9.80 Å². The number of nitrogens with zero attached hydrogens (tertiary/aromatic N) is 2. The molecule has 0 saturated carbocycles. The van der Waals surface area contributed by atoms with Gasteiger partial charge < -0.3 is 4.90 Å². The molecule has 4 heteroatoms. The standard InChI is InChI=1S/C10H20N2O2/c1-7(9(3)13)12(6)10(14)8(2)11(4)5/h7-8H,1-6H3. The lowest BCUT2D eigenvalue weighted by atomic mass is 10.2. The molecule has 4 nitrogen and oxygen atoms in total. The van der Waals surface area contributed by atoms with Crippen LogP contribution in [0.5, 0.6) is 0 Å². The molecule has 0 N–H and O–H groups in total. The van der Waals surface area contributed by atoms with E-state index in [1.165, 1.54) is 11.8 Å². The molecular weight excluding hydrogens is 180 g/mol. The van der Waals surface area contributed by atoms with Crippen molar-refractivity contribution >= 4 is 11.7 Å². The molecule has 0 radical (unpaired) electrons. The first kappa shape index (κ1) is 13.1. The van der Waals surface area contributed by atoms with Crippen LogP contribution in [0.25, 0.3) is 0 Å². The molecular formula is C10H20N2O2. The number of ketones is 1. The molecule has 0 aliphatic rings. The normalized spacial score (nSPS) is 15.1. The summed E-state index contributed by atoms with van der Waals surface area (Å²) in [6.07, 6.45) is 0. The molecule has 2 atom stereocenters. The molecule has 0 bridgehead atoms. The SMILES string of the molecule is CC(=O)C(C)N(C)C(=O)C(C)N(C)C. The summed E-state index contributed by atoms with van der Waals surface area (Å²) in [5, 5.41) is 0. The zero-order valence-corrected chi connectivity index (χ0v) is 9.87. The number of rotatable bonds is 4. The van der Waals surface area contributed by atoms with Crippen LogP contribution in [-0.2, 0) is 9.59 Å². The molecule has 0 aromatic heterocycles. The maximum absolute atomic E-state index is 11.8. The van der Waals surface area contributed by atoms with Crippen LogP contribution in [0.1, 0.15) is 20.8 Å². The van der Waals surface area contributed by atoms with Crippen molar-refractivity contribution in [3.63, 3.8) is 0 Å². The molecule has 1 amide bonds. The molecule has 0 fully saturated rings. The number of likely N-dealkylation sites (N-methyl/N-ethyl adjacent to an activating group) is 2. The van der Waals surface area contributed by atoms with Crippen LogP contribution in [-0.4, -0.2) is 54.7 Å². The molecule has 0 heterocycles. The second kappa shape index (κ2) is 5.10. The smallest absolute Gasteiger partial charge is 0.239 e. The topological polar surface area (TPSA) is 40.6 Å². The first-order chi connectivity index (χ1) is 6.29. The van der Waals surface area contributed by atoms with E-state index in [0.717, 1.165) is 0 Å². The fourth-order valence-corrected chi connectivity index (χ4v) is 0.979. The zero-order chi connectivity index (χ0) is 11.5. The maximum atomic E-state index is 11.8. The van der Waals surface area contributed by atoms with Gasteiger partial charge in [-0.05, 0) is 34.9 Å². The lowest BCUT2D eigenvalue weighted by molar-refractivity contribution is -0.140. The van der Waals surface area contributed by atoms with E-state index < -0.39 is 0 Å². The molecule has 0 aromatic carbocycles.